The van der Waals surface area contributed by atoms with Crippen LogP contribution >= 0.6 is 0 Å². The summed E-state index contributed by atoms with van der Waals surface area (Å²) in [4.78, 5) is 9.05. The van der Waals surface area contributed by atoms with Crippen molar-refractivity contribution in [1.82, 2.24) is 20.0 Å². The highest BCUT2D eigenvalue weighted by molar-refractivity contribution is 5.79. The van der Waals surface area contributed by atoms with E-state index < -0.39 is 0 Å². The Morgan fingerprint density at radius 1 is 1.25 bits per heavy atom. The van der Waals surface area contributed by atoms with Crippen molar-refractivity contribution in [3.05, 3.63) is 35.8 Å². The molecule has 5 nitrogen and oxygen atoms in total. The molecule has 1 saturated carbocycles. The molecular formula is C19H29N5. The van der Waals surface area contributed by atoms with Crippen LogP contribution in [-0.4, -0.2) is 28.4 Å². The molecule has 3 rings (SSSR count). The summed E-state index contributed by atoms with van der Waals surface area (Å²) < 4.78 is 2.12. The minimum atomic E-state index is 0.512. The number of nitrogens with zero attached hydrogens (tertiary/aromatic N) is 3. The molecule has 1 fully saturated rings. The lowest BCUT2D eigenvalue weighted by molar-refractivity contribution is 0.255. The van der Waals surface area contributed by atoms with Crippen molar-refractivity contribution >= 4 is 11.6 Å². The molecule has 5 heteroatoms. The average molecular weight is 327 g/mol. The number of aromatic nitrogens is 2. The van der Waals surface area contributed by atoms with E-state index in [2.05, 4.69) is 58.0 Å². The Morgan fingerprint density at radius 2 is 2.00 bits per heavy atom. The molecule has 1 aliphatic carbocycles. The summed E-state index contributed by atoms with van der Waals surface area (Å²) in [6.07, 6.45) is 5.87. The Balaban J connectivity index is 1.60. The Bertz CT molecular complexity index is 708. The molecule has 0 aromatic carbocycles. The fourth-order valence-corrected chi connectivity index (χ4v) is 3.91. The predicted octanol–water partition coefficient (Wildman–Crippen LogP) is 3.13. The number of nitrogens with one attached hydrogen (secondary N) is 2. The van der Waals surface area contributed by atoms with Gasteiger partial charge in [-0.2, -0.15) is 0 Å². The maximum Gasteiger partial charge on any atom is 0.191 e. The SMILES string of the molecule is CN=C(NCc1cn2c(C)cccc2n1)NC1CC(C)CC(C)C1. The molecule has 2 unspecified atom stereocenters. The van der Waals surface area contributed by atoms with Crippen LogP contribution < -0.4 is 10.6 Å². The van der Waals surface area contributed by atoms with Gasteiger partial charge in [0.25, 0.3) is 0 Å². The molecular weight excluding hydrogens is 298 g/mol. The van der Waals surface area contributed by atoms with E-state index in [0.29, 0.717) is 12.6 Å². The average Bonchev–Trinajstić information content (AvgIpc) is 2.95. The number of hydrogen-bond donors (Lipinski definition) is 2. The van der Waals surface area contributed by atoms with Gasteiger partial charge in [0.2, 0.25) is 0 Å². The van der Waals surface area contributed by atoms with Crippen molar-refractivity contribution in [2.45, 2.75) is 52.6 Å². The molecule has 130 valence electrons. The Hall–Kier alpha value is -2.04. The lowest BCUT2D eigenvalue weighted by Crippen LogP contribution is -2.46. The van der Waals surface area contributed by atoms with Gasteiger partial charge in [0.1, 0.15) is 5.65 Å². The summed E-state index contributed by atoms with van der Waals surface area (Å²) in [7, 11) is 1.83. The maximum atomic E-state index is 4.67. The maximum absolute atomic E-state index is 4.67. The van der Waals surface area contributed by atoms with Crippen LogP contribution in [0.5, 0.6) is 0 Å². The molecule has 0 saturated heterocycles. The summed E-state index contributed by atoms with van der Waals surface area (Å²) in [5.74, 6) is 2.44. The van der Waals surface area contributed by atoms with Gasteiger partial charge in [-0.1, -0.05) is 19.9 Å². The topological polar surface area (TPSA) is 53.7 Å². The van der Waals surface area contributed by atoms with E-state index in [-0.39, 0.29) is 0 Å². The summed E-state index contributed by atoms with van der Waals surface area (Å²) in [5, 5.41) is 6.99. The highest BCUT2D eigenvalue weighted by Crippen LogP contribution is 2.28. The molecule has 0 spiro atoms. The zero-order chi connectivity index (χ0) is 17.1. The Labute approximate surface area is 144 Å². The van der Waals surface area contributed by atoms with Gasteiger partial charge in [-0.25, -0.2) is 4.98 Å². The smallest absolute Gasteiger partial charge is 0.191 e. The summed E-state index contributed by atoms with van der Waals surface area (Å²) in [6, 6.07) is 6.69. The number of aryl methyl sites for hydroxylation is 1. The van der Waals surface area contributed by atoms with Gasteiger partial charge in [0.15, 0.2) is 5.96 Å². The first kappa shape index (κ1) is 16.8. The van der Waals surface area contributed by atoms with Crippen molar-refractivity contribution in [2.24, 2.45) is 16.8 Å². The summed E-state index contributed by atoms with van der Waals surface area (Å²) >= 11 is 0. The number of hydrogen-bond acceptors (Lipinski definition) is 2. The first-order valence-electron chi connectivity index (χ1n) is 8.96. The molecule has 0 bridgehead atoms. The van der Waals surface area contributed by atoms with Crippen LogP contribution in [-0.2, 0) is 6.54 Å². The molecule has 2 N–H and O–H groups in total. The fraction of sp³-hybridized carbons (Fsp3) is 0.579. The number of guanidine groups is 1. The van der Waals surface area contributed by atoms with Crippen LogP contribution in [0, 0.1) is 18.8 Å². The van der Waals surface area contributed by atoms with Crippen LogP contribution in [0.4, 0.5) is 0 Å². The number of imidazole rings is 1. The fourth-order valence-electron chi connectivity index (χ4n) is 3.91. The van der Waals surface area contributed by atoms with Crippen LogP contribution in [0.15, 0.2) is 29.4 Å². The van der Waals surface area contributed by atoms with Gasteiger partial charge in [-0.3, -0.25) is 4.99 Å². The summed E-state index contributed by atoms with van der Waals surface area (Å²) in [5.41, 5.74) is 3.21. The molecule has 0 aliphatic heterocycles. The molecule has 2 atom stereocenters. The Morgan fingerprint density at radius 3 is 2.67 bits per heavy atom. The van der Waals surface area contributed by atoms with Crippen molar-refractivity contribution in [3.63, 3.8) is 0 Å². The second-order valence-electron chi connectivity index (χ2n) is 7.31. The first-order chi connectivity index (χ1) is 11.5. The molecule has 2 aromatic heterocycles. The molecule has 0 radical (unpaired) electrons. The van der Waals surface area contributed by atoms with E-state index in [1.54, 1.807) is 0 Å². The van der Waals surface area contributed by atoms with E-state index in [9.17, 15) is 0 Å². The third kappa shape index (κ3) is 3.89. The normalized spacial score (nSPS) is 25.0. The van der Waals surface area contributed by atoms with Crippen LogP contribution in [0.2, 0.25) is 0 Å². The van der Waals surface area contributed by atoms with Crippen LogP contribution in [0.25, 0.3) is 5.65 Å². The predicted molar refractivity (Wildman–Crippen MR) is 99.2 cm³/mol. The number of fused-ring (bicyclic) bond motifs is 1. The molecule has 24 heavy (non-hydrogen) atoms. The lowest BCUT2D eigenvalue weighted by atomic mass is 9.80. The minimum Gasteiger partial charge on any atom is -0.354 e. The molecule has 1 aliphatic rings. The second-order valence-corrected chi connectivity index (χ2v) is 7.31. The quantitative estimate of drug-likeness (QED) is 0.673. The van der Waals surface area contributed by atoms with E-state index in [0.717, 1.165) is 29.1 Å². The van der Waals surface area contributed by atoms with Gasteiger partial charge in [0, 0.05) is 25.0 Å². The highest BCUT2D eigenvalue weighted by Gasteiger charge is 2.24. The van der Waals surface area contributed by atoms with E-state index in [4.69, 9.17) is 0 Å². The number of aliphatic imine (C=N–C) groups is 1. The molecule has 2 aromatic rings. The number of rotatable bonds is 3. The molecule has 0 amide bonds. The van der Waals surface area contributed by atoms with Crippen molar-refractivity contribution in [3.8, 4) is 0 Å². The third-order valence-corrected chi connectivity index (χ3v) is 4.93. The standard InChI is InChI=1S/C19H29N5/c1-13-8-14(2)10-16(9-13)23-19(20-4)21-11-17-12-24-15(3)6-5-7-18(24)22-17/h5-7,12-14,16H,8-11H2,1-4H3,(H2,20,21,23). The zero-order valence-corrected chi connectivity index (χ0v) is 15.2. The highest BCUT2D eigenvalue weighted by atomic mass is 15.2. The minimum absolute atomic E-state index is 0.512. The van der Waals surface area contributed by atoms with Gasteiger partial charge in [0.05, 0.1) is 12.2 Å². The van der Waals surface area contributed by atoms with Crippen molar-refractivity contribution in [2.75, 3.05) is 7.05 Å². The van der Waals surface area contributed by atoms with E-state index >= 15 is 0 Å². The van der Waals surface area contributed by atoms with Gasteiger partial charge in [-0.05, 0) is 50.2 Å². The van der Waals surface area contributed by atoms with Gasteiger partial charge >= 0.3 is 0 Å². The largest absolute Gasteiger partial charge is 0.354 e. The van der Waals surface area contributed by atoms with E-state index in [1.807, 2.05) is 19.2 Å². The monoisotopic (exact) mass is 327 g/mol. The molecule has 2 heterocycles. The van der Waals surface area contributed by atoms with Crippen molar-refractivity contribution in [1.29, 1.82) is 0 Å². The zero-order valence-electron chi connectivity index (χ0n) is 15.2. The van der Waals surface area contributed by atoms with Gasteiger partial charge < -0.3 is 15.0 Å². The van der Waals surface area contributed by atoms with Gasteiger partial charge in [-0.15, -0.1) is 0 Å². The summed E-state index contributed by atoms with van der Waals surface area (Å²) in [6.45, 7) is 7.47. The van der Waals surface area contributed by atoms with Crippen LogP contribution in [0.1, 0.15) is 44.5 Å². The second kappa shape index (κ2) is 7.24. The van der Waals surface area contributed by atoms with Crippen molar-refractivity contribution < 1.29 is 0 Å². The number of pyridine rings is 1. The van der Waals surface area contributed by atoms with Crippen LogP contribution in [0.3, 0.4) is 0 Å². The van der Waals surface area contributed by atoms with E-state index in [1.165, 1.54) is 25.0 Å². The Kier molecular flexibility index (Phi) is 5.07. The first-order valence-corrected chi connectivity index (χ1v) is 8.96. The third-order valence-electron chi connectivity index (χ3n) is 4.93. The lowest BCUT2D eigenvalue weighted by Gasteiger charge is -2.32.